The third-order valence-electron chi connectivity index (χ3n) is 1.72. The Hall–Kier alpha value is -0.240. The highest BCUT2D eigenvalue weighted by Crippen LogP contribution is 2.31. The molecule has 1 aromatic rings. The number of hydrogen-bond acceptors (Lipinski definition) is 1. The lowest BCUT2D eigenvalue weighted by atomic mass is 10.1. The summed E-state index contributed by atoms with van der Waals surface area (Å²) >= 11 is 11.7. The van der Waals surface area contributed by atoms with E-state index in [2.05, 4.69) is 0 Å². The molecule has 0 amide bonds. The zero-order valence-electron chi connectivity index (χ0n) is 6.72. The van der Waals surface area contributed by atoms with Crippen molar-refractivity contribution < 1.29 is 5.11 Å². The van der Waals surface area contributed by atoms with Crippen molar-refractivity contribution in [2.45, 2.75) is 19.4 Å². The Morgan fingerprint density at radius 1 is 1.33 bits per heavy atom. The monoisotopic (exact) mass is 204 g/mol. The number of rotatable bonds is 2. The second-order valence-corrected chi connectivity index (χ2v) is 3.37. The minimum Gasteiger partial charge on any atom is -0.388 e. The third-order valence-corrected chi connectivity index (χ3v) is 2.38. The number of aliphatic hydroxyl groups excluding tert-OH is 1. The van der Waals surface area contributed by atoms with E-state index in [0.717, 1.165) is 0 Å². The summed E-state index contributed by atoms with van der Waals surface area (Å²) in [7, 11) is 0. The first-order valence-corrected chi connectivity index (χ1v) is 4.54. The van der Waals surface area contributed by atoms with Crippen LogP contribution >= 0.6 is 23.2 Å². The number of hydrogen-bond donors (Lipinski definition) is 1. The van der Waals surface area contributed by atoms with Crippen LogP contribution in [-0.4, -0.2) is 5.11 Å². The minimum atomic E-state index is -0.564. The fourth-order valence-electron chi connectivity index (χ4n) is 1.03. The maximum absolute atomic E-state index is 9.52. The molecule has 0 bridgehead atoms. The molecule has 0 aromatic heterocycles. The molecule has 0 saturated heterocycles. The van der Waals surface area contributed by atoms with Crippen LogP contribution in [0.2, 0.25) is 10.0 Å². The molecule has 0 saturated carbocycles. The fourth-order valence-corrected chi connectivity index (χ4v) is 1.68. The van der Waals surface area contributed by atoms with Crippen molar-refractivity contribution >= 4 is 23.2 Å². The van der Waals surface area contributed by atoms with Gasteiger partial charge in [-0.25, -0.2) is 0 Å². The van der Waals surface area contributed by atoms with E-state index in [9.17, 15) is 5.11 Å². The van der Waals surface area contributed by atoms with Gasteiger partial charge in [0.1, 0.15) is 0 Å². The largest absolute Gasteiger partial charge is 0.388 e. The van der Waals surface area contributed by atoms with Crippen molar-refractivity contribution in [3.05, 3.63) is 33.8 Å². The van der Waals surface area contributed by atoms with Crippen molar-refractivity contribution in [3.8, 4) is 0 Å². The predicted octanol–water partition coefficient (Wildman–Crippen LogP) is 3.44. The first-order chi connectivity index (χ1) is 5.66. The van der Waals surface area contributed by atoms with Gasteiger partial charge in [0.15, 0.2) is 0 Å². The van der Waals surface area contributed by atoms with Gasteiger partial charge in [-0.05, 0) is 18.6 Å². The average Bonchev–Trinajstić information content (AvgIpc) is 2.03. The van der Waals surface area contributed by atoms with Crippen molar-refractivity contribution in [2.24, 2.45) is 0 Å². The van der Waals surface area contributed by atoms with Crippen LogP contribution in [0.4, 0.5) is 0 Å². The maximum atomic E-state index is 9.52. The SMILES string of the molecule is CC[C@@H](O)c1c(Cl)cccc1Cl. The molecule has 0 unspecified atom stereocenters. The molecule has 0 fully saturated rings. The molecular weight excluding hydrogens is 195 g/mol. The molecule has 0 aliphatic carbocycles. The summed E-state index contributed by atoms with van der Waals surface area (Å²) in [5, 5.41) is 10.6. The highest BCUT2D eigenvalue weighted by molar-refractivity contribution is 6.36. The second kappa shape index (κ2) is 4.13. The Labute approximate surface area is 81.9 Å². The van der Waals surface area contributed by atoms with Crippen LogP contribution in [0.3, 0.4) is 0 Å². The highest BCUT2D eigenvalue weighted by Gasteiger charge is 2.12. The van der Waals surface area contributed by atoms with E-state index >= 15 is 0 Å². The second-order valence-electron chi connectivity index (χ2n) is 2.56. The van der Waals surface area contributed by atoms with Gasteiger partial charge in [0, 0.05) is 15.6 Å². The number of aliphatic hydroxyl groups is 1. The summed E-state index contributed by atoms with van der Waals surface area (Å²) in [6.45, 7) is 1.88. The molecule has 1 rings (SSSR count). The first-order valence-electron chi connectivity index (χ1n) is 3.78. The van der Waals surface area contributed by atoms with Gasteiger partial charge in [0.25, 0.3) is 0 Å². The van der Waals surface area contributed by atoms with Gasteiger partial charge in [-0.2, -0.15) is 0 Å². The molecule has 0 spiro atoms. The summed E-state index contributed by atoms with van der Waals surface area (Å²) in [5.41, 5.74) is 0.628. The lowest BCUT2D eigenvalue weighted by molar-refractivity contribution is 0.174. The zero-order valence-corrected chi connectivity index (χ0v) is 8.23. The van der Waals surface area contributed by atoms with Crippen LogP contribution in [0.1, 0.15) is 25.0 Å². The quantitative estimate of drug-likeness (QED) is 0.783. The topological polar surface area (TPSA) is 20.2 Å². The molecule has 1 N–H and O–H groups in total. The Morgan fingerprint density at radius 3 is 2.25 bits per heavy atom. The van der Waals surface area contributed by atoms with Gasteiger partial charge < -0.3 is 5.11 Å². The van der Waals surface area contributed by atoms with Crippen molar-refractivity contribution in [3.63, 3.8) is 0 Å². The molecule has 0 radical (unpaired) electrons. The Kier molecular flexibility index (Phi) is 3.39. The van der Waals surface area contributed by atoms with Crippen LogP contribution < -0.4 is 0 Å². The summed E-state index contributed by atoms with van der Waals surface area (Å²) in [4.78, 5) is 0. The standard InChI is InChI=1S/C9H10Cl2O/c1-2-8(12)9-6(10)4-3-5-7(9)11/h3-5,8,12H,2H2,1H3/t8-/m1/s1. The van der Waals surface area contributed by atoms with E-state index in [1.807, 2.05) is 6.92 Å². The van der Waals surface area contributed by atoms with Crippen molar-refractivity contribution in [2.75, 3.05) is 0 Å². The lowest BCUT2D eigenvalue weighted by Gasteiger charge is -2.11. The molecule has 1 aromatic carbocycles. The number of benzene rings is 1. The first kappa shape index (κ1) is 9.85. The van der Waals surface area contributed by atoms with E-state index < -0.39 is 6.10 Å². The highest BCUT2D eigenvalue weighted by atomic mass is 35.5. The normalized spacial score (nSPS) is 13.0. The molecule has 0 aliphatic rings. The van der Waals surface area contributed by atoms with Crippen LogP contribution in [0, 0.1) is 0 Å². The zero-order chi connectivity index (χ0) is 9.14. The summed E-state index contributed by atoms with van der Waals surface area (Å²) in [6, 6.07) is 5.21. The number of halogens is 2. The maximum Gasteiger partial charge on any atom is 0.0816 e. The molecule has 12 heavy (non-hydrogen) atoms. The van der Waals surface area contributed by atoms with Crippen molar-refractivity contribution in [1.82, 2.24) is 0 Å². The van der Waals surface area contributed by atoms with E-state index in [-0.39, 0.29) is 0 Å². The van der Waals surface area contributed by atoms with E-state index in [1.165, 1.54) is 0 Å². The molecule has 0 heterocycles. The molecular formula is C9H10Cl2O. The van der Waals surface area contributed by atoms with E-state index in [4.69, 9.17) is 23.2 Å². The lowest BCUT2D eigenvalue weighted by Crippen LogP contribution is -1.96. The van der Waals surface area contributed by atoms with Crippen LogP contribution in [0.25, 0.3) is 0 Å². The Balaban J connectivity index is 3.12. The van der Waals surface area contributed by atoms with Gasteiger partial charge >= 0.3 is 0 Å². The molecule has 0 aliphatic heterocycles. The molecule has 1 nitrogen and oxygen atoms in total. The van der Waals surface area contributed by atoms with E-state index in [0.29, 0.717) is 22.0 Å². The van der Waals surface area contributed by atoms with Gasteiger partial charge in [0.05, 0.1) is 6.10 Å². The van der Waals surface area contributed by atoms with Crippen LogP contribution in [-0.2, 0) is 0 Å². The summed E-state index contributed by atoms with van der Waals surface area (Å²) in [6.07, 6.45) is 0.0508. The van der Waals surface area contributed by atoms with Gasteiger partial charge in [-0.1, -0.05) is 36.2 Å². The summed E-state index contributed by atoms with van der Waals surface area (Å²) < 4.78 is 0. The fraction of sp³-hybridized carbons (Fsp3) is 0.333. The van der Waals surface area contributed by atoms with Crippen molar-refractivity contribution in [1.29, 1.82) is 0 Å². The van der Waals surface area contributed by atoms with Gasteiger partial charge in [-0.15, -0.1) is 0 Å². The minimum absolute atomic E-state index is 0.525. The van der Waals surface area contributed by atoms with Crippen LogP contribution in [0.5, 0.6) is 0 Å². The Morgan fingerprint density at radius 2 is 1.83 bits per heavy atom. The van der Waals surface area contributed by atoms with Gasteiger partial charge in [-0.3, -0.25) is 0 Å². The molecule has 66 valence electrons. The smallest absolute Gasteiger partial charge is 0.0816 e. The summed E-state index contributed by atoms with van der Waals surface area (Å²) in [5.74, 6) is 0. The Bertz CT molecular complexity index is 253. The predicted molar refractivity (Wildman–Crippen MR) is 51.7 cm³/mol. The van der Waals surface area contributed by atoms with Gasteiger partial charge in [0.2, 0.25) is 0 Å². The average molecular weight is 205 g/mol. The van der Waals surface area contributed by atoms with E-state index in [1.54, 1.807) is 18.2 Å². The third kappa shape index (κ3) is 1.92. The molecule has 1 atom stereocenters. The molecule has 3 heteroatoms. The van der Waals surface area contributed by atoms with Crippen LogP contribution in [0.15, 0.2) is 18.2 Å².